The molecule has 96 valence electrons. The van der Waals surface area contributed by atoms with Crippen LogP contribution in [0, 0.1) is 25.2 Å². The highest BCUT2D eigenvalue weighted by Crippen LogP contribution is 2.34. The minimum absolute atomic E-state index is 0.346. The first kappa shape index (κ1) is 13.3. The highest BCUT2D eigenvalue weighted by atomic mass is 35.5. The molecule has 2 rings (SSSR count). The van der Waals surface area contributed by atoms with Gasteiger partial charge in [-0.25, -0.2) is 0 Å². The molecule has 0 saturated carbocycles. The van der Waals surface area contributed by atoms with Gasteiger partial charge in [-0.2, -0.15) is 5.26 Å². The molecule has 3 nitrogen and oxygen atoms in total. The van der Waals surface area contributed by atoms with Crippen molar-refractivity contribution in [1.82, 2.24) is 0 Å². The lowest BCUT2D eigenvalue weighted by atomic mass is 10.1. The van der Waals surface area contributed by atoms with Crippen molar-refractivity contribution in [2.75, 3.05) is 5.73 Å². The molecule has 2 aromatic carbocycles. The molecular formula is C15H13ClN2O. The number of ether oxygens (including phenoxy) is 1. The molecule has 0 heterocycles. The molecule has 2 aromatic rings. The van der Waals surface area contributed by atoms with E-state index in [0.717, 1.165) is 11.1 Å². The molecular weight excluding hydrogens is 260 g/mol. The minimum Gasteiger partial charge on any atom is -0.455 e. The van der Waals surface area contributed by atoms with E-state index in [9.17, 15) is 0 Å². The van der Waals surface area contributed by atoms with E-state index in [-0.39, 0.29) is 0 Å². The van der Waals surface area contributed by atoms with Gasteiger partial charge in [-0.15, -0.1) is 0 Å². The summed E-state index contributed by atoms with van der Waals surface area (Å²) < 4.78 is 5.83. The predicted octanol–water partition coefficient (Wildman–Crippen LogP) is 4.20. The van der Waals surface area contributed by atoms with E-state index in [1.54, 1.807) is 18.2 Å². The number of hydrogen-bond acceptors (Lipinski definition) is 3. The molecule has 0 unspecified atom stereocenters. The summed E-state index contributed by atoms with van der Waals surface area (Å²) in [6, 6.07) is 10.8. The van der Waals surface area contributed by atoms with E-state index < -0.39 is 0 Å². The zero-order valence-corrected chi connectivity index (χ0v) is 11.5. The Bertz CT molecular complexity index is 651. The lowest BCUT2D eigenvalue weighted by Gasteiger charge is -2.14. The molecule has 0 atom stereocenters. The number of para-hydroxylation sites is 1. The minimum atomic E-state index is 0.346. The number of halogens is 1. The van der Waals surface area contributed by atoms with Gasteiger partial charge in [0.25, 0.3) is 0 Å². The Morgan fingerprint density at radius 1 is 1.21 bits per heavy atom. The SMILES string of the molecule is Cc1cc(Cl)cc(C)c1Oc1cccc(C#N)c1N. The zero-order valence-electron chi connectivity index (χ0n) is 10.7. The van der Waals surface area contributed by atoms with Crippen molar-refractivity contribution in [2.24, 2.45) is 0 Å². The molecule has 0 saturated heterocycles. The van der Waals surface area contributed by atoms with Gasteiger partial charge in [0.15, 0.2) is 5.75 Å². The highest BCUT2D eigenvalue weighted by Gasteiger charge is 2.11. The van der Waals surface area contributed by atoms with Gasteiger partial charge in [-0.3, -0.25) is 0 Å². The maximum Gasteiger partial charge on any atom is 0.151 e. The Labute approximate surface area is 117 Å². The van der Waals surface area contributed by atoms with Crippen LogP contribution in [-0.2, 0) is 0 Å². The van der Waals surface area contributed by atoms with Crippen LogP contribution in [0.1, 0.15) is 16.7 Å². The Balaban J connectivity index is 2.46. The third-order valence-corrected chi connectivity index (χ3v) is 3.04. The monoisotopic (exact) mass is 272 g/mol. The molecule has 0 bridgehead atoms. The Morgan fingerprint density at radius 3 is 2.42 bits per heavy atom. The molecule has 0 spiro atoms. The van der Waals surface area contributed by atoms with Crippen molar-refractivity contribution >= 4 is 17.3 Å². The first-order valence-electron chi connectivity index (χ1n) is 5.76. The van der Waals surface area contributed by atoms with Gasteiger partial charge in [0.05, 0.1) is 11.3 Å². The lowest BCUT2D eigenvalue weighted by Crippen LogP contribution is -1.97. The van der Waals surface area contributed by atoms with Crippen molar-refractivity contribution in [3.05, 3.63) is 52.0 Å². The second kappa shape index (κ2) is 5.21. The van der Waals surface area contributed by atoms with E-state index in [0.29, 0.717) is 27.8 Å². The summed E-state index contributed by atoms with van der Waals surface area (Å²) in [5.41, 5.74) is 8.49. The van der Waals surface area contributed by atoms with Crippen LogP contribution in [0.4, 0.5) is 5.69 Å². The molecule has 4 heteroatoms. The summed E-state index contributed by atoms with van der Waals surface area (Å²) >= 11 is 5.98. The summed E-state index contributed by atoms with van der Waals surface area (Å²) in [7, 11) is 0. The van der Waals surface area contributed by atoms with Gasteiger partial charge < -0.3 is 10.5 Å². The van der Waals surface area contributed by atoms with Crippen molar-refractivity contribution in [3.63, 3.8) is 0 Å². The second-order valence-electron chi connectivity index (χ2n) is 4.30. The van der Waals surface area contributed by atoms with Crippen molar-refractivity contribution in [2.45, 2.75) is 13.8 Å². The topological polar surface area (TPSA) is 59.0 Å². The number of nitriles is 1. The lowest BCUT2D eigenvalue weighted by molar-refractivity contribution is 0.477. The average Bonchev–Trinajstić information content (AvgIpc) is 2.35. The number of rotatable bonds is 2. The number of hydrogen-bond donors (Lipinski definition) is 1. The molecule has 0 aliphatic rings. The maximum absolute atomic E-state index is 8.95. The molecule has 2 N–H and O–H groups in total. The number of anilines is 1. The molecule has 0 aliphatic carbocycles. The van der Waals surface area contributed by atoms with Gasteiger partial charge in [0, 0.05) is 5.02 Å². The van der Waals surface area contributed by atoms with Gasteiger partial charge in [-0.1, -0.05) is 17.7 Å². The Hall–Kier alpha value is -2.18. The third kappa shape index (κ3) is 2.64. The molecule has 0 aromatic heterocycles. The largest absolute Gasteiger partial charge is 0.455 e. The number of aryl methyl sites for hydroxylation is 2. The number of nitrogens with zero attached hydrogens (tertiary/aromatic N) is 1. The number of nitrogens with two attached hydrogens (primary N) is 1. The molecule has 0 radical (unpaired) electrons. The quantitative estimate of drug-likeness (QED) is 0.834. The van der Waals surface area contributed by atoms with E-state index in [4.69, 9.17) is 27.3 Å². The third-order valence-electron chi connectivity index (χ3n) is 2.82. The van der Waals surface area contributed by atoms with Crippen LogP contribution in [0.25, 0.3) is 0 Å². The van der Waals surface area contributed by atoms with Gasteiger partial charge in [-0.05, 0) is 49.2 Å². The molecule has 0 amide bonds. The highest BCUT2D eigenvalue weighted by molar-refractivity contribution is 6.30. The van der Waals surface area contributed by atoms with Crippen LogP contribution in [0.2, 0.25) is 5.02 Å². The number of benzene rings is 2. The fraction of sp³-hybridized carbons (Fsp3) is 0.133. The smallest absolute Gasteiger partial charge is 0.151 e. The van der Waals surface area contributed by atoms with Crippen molar-refractivity contribution in [3.8, 4) is 17.6 Å². The van der Waals surface area contributed by atoms with Crippen LogP contribution < -0.4 is 10.5 Å². The summed E-state index contributed by atoms with van der Waals surface area (Å²) in [5, 5.41) is 9.62. The standard InChI is InChI=1S/C15H13ClN2O/c1-9-6-12(16)7-10(2)15(9)19-13-5-3-4-11(8-17)14(13)18/h3-7H,18H2,1-2H3. The normalized spacial score (nSPS) is 10.0. The molecule has 0 fully saturated rings. The van der Waals surface area contributed by atoms with E-state index in [1.807, 2.05) is 32.0 Å². The Kier molecular flexibility index (Phi) is 3.64. The summed E-state index contributed by atoms with van der Waals surface area (Å²) in [5.74, 6) is 1.19. The molecule has 0 aliphatic heterocycles. The summed E-state index contributed by atoms with van der Waals surface area (Å²) in [6.45, 7) is 3.83. The average molecular weight is 273 g/mol. The van der Waals surface area contributed by atoms with Crippen molar-refractivity contribution in [1.29, 1.82) is 5.26 Å². The van der Waals surface area contributed by atoms with Crippen LogP contribution in [-0.4, -0.2) is 0 Å². The van der Waals surface area contributed by atoms with Gasteiger partial charge in [0.1, 0.15) is 11.8 Å². The maximum atomic E-state index is 8.95. The zero-order chi connectivity index (χ0) is 14.0. The first-order valence-corrected chi connectivity index (χ1v) is 6.14. The Morgan fingerprint density at radius 2 is 1.84 bits per heavy atom. The van der Waals surface area contributed by atoms with Crippen LogP contribution >= 0.6 is 11.6 Å². The van der Waals surface area contributed by atoms with Gasteiger partial charge >= 0.3 is 0 Å². The van der Waals surface area contributed by atoms with E-state index >= 15 is 0 Å². The van der Waals surface area contributed by atoms with Gasteiger partial charge in [0.2, 0.25) is 0 Å². The van der Waals surface area contributed by atoms with Crippen LogP contribution in [0.5, 0.6) is 11.5 Å². The predicted molar refractivity (Wildman–Crippen MR) is 76.6 cm³/mol. The van der Waals surface area contributed by atoms with Crippen LogP contribution in [0.3, 0.4) is 0 Å². The molecule has 19 heavy (non-hydrogen) atoms. The summed E-state index contributed by atoms with van der Waals surface area (Å²) in [6.07, 6.45) is 0. The first-order chi connectivity index (χ1) is 9.02. The fourth-order valence-electron chi connectivity index (χ4n) is 1.90. The second-order valence-corrected chi connectivity index (χ2v) is 4.74. The van der Waals surface area contributed by atoms with Crippen LogP contribution in [0.15, 0.2) is 30.3 Å². The van der Waals surface area contributed by atoms with E-state index in [2.05, 4.69) is 0 Å². The fourth-order valence-corrected chi connectivity index (χ4v) is 2.23. The van der Waals surface area contributed by atoms with E-state index in [1.165, 1.54) is 0 Å². The number of nitrogen functional groups attached to an aromatic ring is 1. The summed E-state index contributed by atoms with van der Waals surface area (Å²) in [4.78, 5) is 0. The van der Waals surface area contributed by atoms with Crippen molar-refractivity contribution < 1.29 is 4.74 Å².